The largest absolute Gasteiger partial charge is 0.491 e. The number of alkyl halides is 3. The Hall–Kier alpha value is -2.88. The van der Waals surface area contributed by atoms with Crippen LogP contribution in [0.1, 0.15) is 49.2 Å². The van der Waals surface area contributed by atoms with Crippen LogP contribution in [0.15, 0.2) is 36.8 Å². The van der Waals surface area contributed by atoms with Gasteiger partial charge < -0.3 is 20.5 Å². The number of nitrogens with zero attached hydrogens (tertiary/aromatic N) is 2. The molecule has 1 amide bonds. The van der Waals surface area contributed by atoms with Crippen molar-refractivity contribution in [1.29, 1.82) is 0 Å². The lowest BCUT2D eigenvalue weighted by Crippen LogP contribution is -2.26. The van der Waals surface area contributed by atoms with E-state index in [1.807, 2.05) is 6.92 Å². The van der Waals surface area contributed by atoms with Crippen LogP contribution in [0.4, 0.5) is 13.2 Å². The highest BCUT2D eigenvalue weighted by atomic mass is 19.4. The number of hydrogen-bond acceptors (Lipinski definition) is 6. The summed E-state index contributed by atoms with van der Waals surface area (Å²) in [6.45, 7) is 4.32. The molecule has 7 nitrogen and oxygen atoms in total. The van der Waals surface area contributed by atoms with Gasteiger partial charge in [0.05, 0.1) is 13.2 Å². The van der Waals surface area contributed by atoms with Crippen LogP contribution in [-0.2, 0) is 0 Å². The van der Waals surface area contributed by atoms with Crippen LogP contribution in [0.5, 0.6) is 11.6 Å². The molecule has 2 heterocycles. The van der Waals surface area contributed by atoms with Crippen molar-refractivity contribution in [2.45, 2.75) is 45.5 Å². The molecule has 0 saturated heterocycles. The number of halogens is 3. The predicted octanol–water partition coefficient (Wildman–Crippen LogP) is 3.66. The smallest absolute Gasteiger partial charge is 0.422 e. The first-order valence-electron chi connectivity index (χ1n) is 9.27. The summed E-state index contributed by atoms with van der Waals surface area (Å²) in [5.74, 6) is -0.533. The molecule has 10 heteroatoms. The van der Waals surface area contributed by atoms with E-state index in [1.54, 1.807) is 19.1 Å². The minimum atomic E-state index is -4.48. The summed E-state index contributed by atoms with van der Waals surface area (Å²) >= 11 is 0. The second-order valence-electron chi connectivity index (χ2n) is 6.50. The van der Waals surface area contributed by atoms with Gasteiger partial charge in [0.1, 0.15) is 0 Å². The van der Waals surface area contributed by atoms with Gasteiger partial charge in [-0.25, -0.2) is 4.98 Å². The average Bonchev–Trinajstić information content (AvgIpc) is 2.72. The number of methoxy groups -OCH3 is 1. The Morgan fingerprint density at radius 1 is 1.27 bits per heavy atom. The average molecular weight is 428 g/mol. The lowest BCUT2D eigenvalue weighted by Gasteiger charge is -2.17. The number of nitrogens with one attached hydrogen (secondary N) is 1. The van der Waals surface area contributed by atoms with Crippen LogP contribution in [0.2, 0.25) is 0 Å². The first-order valence-corrected chi connectivity index (χ1v) is 9.27. The van der Waals surface area contributed by atoms with E-state index < -0.39 is 18.8 Å². The minimum Gasteiger partial charge on any atom is -0.491 e. The number of carbonyl (C=O) groups excluding carboxylic acids is 1. The molecule has 0 aliphatic carbocycles. The fraction of sp³-hybridized carbons (Fsp3) is 0.450. The summed E-state index contributed by atoms with van der Waals surface area (Å²) in [7, 11) is 1.29. The summed E-state index contributed by atoms with van der Waals surface area (Å²) in [5.41, 5.74) is 6.28. The Bertz CT molecular complexity index is 787. The Kier molecular flexibility index (Phi) is 10.0. The van der Waals surface area contributed by atoms with Crippen LogP contribution >= 0.6 is 0 Å². The van der Waals surface area contributed by atoms with Crippen LogP contribution in [0.25, 0.3) is 0 Å². The highest BCUT2D eigenvalue weighted by Crippen LogP contribution is 2.29. The summed E-state index contributed by atoms with van der Waals surface area (Å²) in [6, 6.07) is 4.54. The third kappa shape index (κ3) is 9.08. The van der Waals surface area contributed by atoms with Crippen LogP contribution in [-0.4, -0.2) is 41.8 Å². The molecule has 2 aromatic heterocycles. The maximum absolute atomic E-state index is 12.2. The number of ether oxygens (including phenoxy) is 2. The van der Waals surface area contributed by atoms with Gasteiger partial charge in [0.15, 0.2) is 12.4 Å². The molecule has 0 spiro atoms. The molecule has 0 bridgehead atoms. The second-order valence-corrected chi connectivity index (χ2v) is 6.50. The molecule has 2 unspecified atom stereocenters. The van der Waals surface area contributed by atoms with E-state index in [0.29, 0.717) is 17.2 Å². The van der Waals surface area contributed by atoms with Crippen molar-refractivity contribution in [2.24, 2.45) is 5.73 Å². The molecule has 2 rings (SSSR count). The molecule has 30 heavy (non-hydrogen) atoms. The molecule has 0 aromatic carbocycles. The molecular weight excluding hydrogens is 401 g/mol. The zero-order chi connectivity index (χ0) is 22.7. The van der Waals surface area contributed by atoms with Gasteiger partial charge >= 0.3 is 6.18 Å². The molecule has 0 aliphatic heterocycles. The van der Waals surface area contributed by atoms with E-state index in [2.05, 4.69) is 26.9 Å². The van der Waals surface area contributed by atoms with Gasteiger partial charge in [-0.05, 0) is 44.0 Å². The first-order chi connectivity index (χ1) is 14.1. The summed E-state index contributed by atoms with van der Waals surface area (Å²) in [5, 5.41) is 2.76. The standard InChI is InChI=1S/C16H16F3N3O3.C4H11N/c1-10(22-14(23)11-3-5-20-6-4-11)12-7-13(24-2)15(21-8-12)25-9-16(17,18)19;1-3-4(2)5/h3-8,10H,9H2,1-2H3,(H,22,23);4H,3,5H2,1-2H3. The van der Waals surface area contributed by atoms with Crippen LogP contribution < -0.4 is 20.5 Å². The van der Waals surface area contributed by atoms with Crippen LogP contribution in [0.3, 0.4) is 0 Å². The Labute approximate surface area is 173 Å². The molecule has 2 aromatic rings. The molecular formula is C20H27F3N4O3. The van der Waals surface area contributed by atoms with Gasteiger partial charge in [-0.3, -0.25) is 9.78 Å². The molecule has 166 valence electrons. The maximum atomic E-state index is 12.2. The van der Waals surface area contributed by atoms with Gasteiger partial charge in [-0.1, -0.05) is 6.92 Å². The van der Waals surface area contributed by atoms with Crippen molar-refractivity contribution in [2.75, 3.05) is 13.7 Å². The van der Waals surface area contributed by atoms with Crippen molar-refractivity contribution >= 4 is 5.91 Å². The number of pyridine rings is 2. The summed E-state index contributed by atoms with van der Waals surface area (Å²) < 4.78 is 46.4. The Balaban J connectivity index is 0.000000804. The van der Waals surface area contributed by atoms with E-state index in [1.165, 1.54) is 31.8 Å². The lowest BCUT2D eigenvalue weighted by molar-refractivity contribution is -0.154. The van der Waals surface area contributed by atoms with E-state index in [4.69, 9.17) is 10.5 Å². The predicted molar refractivity (Wildman–Crippen MR) is 106 cm³/mol. The maximum Gasteiger partial charge on any atom is 0.422 e. The zero-order valence-electron chi connectivity index (χ0n) is 17.4. The topological polar surface area (TPSA) is 99.4 Å². The highest BCUT2D eigenvalue weighted by molar-refractivity contribution is 5.94. The summed E-state index contributed by atoms with van der Waals surface area (Å²) in [6.07, 6.45) is 0.927. The molecule has 3 N–H and O–H groups in total. The van der Waals surface area contributed by atoms with E-state index in [0.717, 1.165) is 6.42 Å². The van der Waals surface area contributed by atoms with E-state index in [-0.39, 0.29) is 17.5 Å². The van der Waals surface area contributed by atoms with Gasteiger partial charge in [-0.15, -0.1) is 0 Å². The number of hydrogen-bond donors (Lipinski definition) is 2. The van der Waals surface area contributed by atoms with Crippen molar-refractivity contribution in [3.8, 4) is 11.6 Å². The van der Waals surface area contributed by atoms with E-state index in [9.17, 15) is 18.0 Å². The number of carbonyl (C=O) groups is 1. The number of amides is 1. The van der Waals surface area contributed by atoms with Gasteiger partial charge in [-0.2, -0.15) is 13.2 Å². The number of aromatic nitrogens is 2. The molecule has 0 fully saturated rings. The molecule has 0 aliphatic rings. The van der Waals surface area contributed by atoms with Gasteiger partial charge in [0.2, 0.25) is 0 Å². The Morgan fingerprint density at radius 2 is 1.87 bits per heavy atom. The minimum absolute atomic E-state index is 0.0479. The number of nitrogens with two attached hydrogens (primary N) is 1. The highest BCUT2D eigenvalue weighted by Gasteiger charge is 2.29. The van der Waals surface area contributed by atoms with Crippen molar-refractivity contribution in [1.82, 2.24) is 15.3 Å². The molecule has 0 radical (unpaired) electrons. The Morgan fingerprint density at radius 3 is 2.37 bits per heavy atom. The third-order valence-corrected chi connectivity index (χ3v) is 3.87. The second kappa shape index (κ2) is 12.0. The number of rotatable bonds is 7. The van der Waals surface area contributed by atoms with Crippen molar-refractivity contribution < 1.29 is 27.4 Å². The quantitative estimate of drug-likeness (QED) is 0.698. The van der Waals surface area contributed by atoms with Crippen LogP contribution in [0, 0.1) is 0 Å². The molecule has 0 saturated carbocycles. The zero-order valence-corrected chi connectivity index (χ0v) is 17.4. The molecule has 2 atom stereocenters. The lowest BCUT2D eigenvalue weighted by atomic mass is 10.1. The van der Waals surface area contributed by atoms with Gasteiger partial charge in [0.25, 0.3) is 11.8 Å². The van der Waals surface area contributed by atoms with Gasteiger partial charge in [0, 0.05) is 30.2 Å². The van der Waals surface area contributed by atoms with Crippen molar-refractivity contribution in [3.63, 3.8) is 0 Å². The normalized spacial score (nSPS) is 12.8. The monoisotopic (exact) mass is 428 g/mol. The van der Waals surface area contributed by atoms with Crippen molar-refractivity contribution in [3.05, 3.63) is 47.9 Å². The SMILES string of the molecule is CCC(C)N.COc1cc(C(C)NC(=O)c2ccncc2)cnc1OCC(F)(F)F. The fourth-order valence-corrected chi connectivity index (χ4v) is 1.96. The fourth-order valence-electron chi connectivity index (χ4n) is 1.96. The summed E-state index contributed by atoms with van der Waals surface area (Å²) in [4.78, 5) is 19.8. The third-order valence-electron chi connectivity index (χ3n) is 3.87. The first kappa shape index (κ1) is 25.2. The van der Waals surface area contributed by atoms with E-state index >= 15 is 0 Å².